The van der Waals surface area contributed by atoms with Crippen LogP contribution in [0, 0.1) is 5.92 Å². The van der Waals surface area contributed by atoms with E-state index in [4.69, 9.17) is 0 Å². The highest BCUT2D eigenvalue weighted by Crippen LogP contribution is 2.36. The minimum absolute atomic E-state index is 0.0517. The van der Waals surface area contributed by atoms with Crippen molar-refractivity contribution in [2.45, 2.75) is 38.1 Å². The zero-order valence-electron chi connectivity index (χ0n) is 8.16. The van der Waals surface area contributed by atoms with E-state index in [-0.39, 0.29) is 25.7 Å². The summed E-state index contributed by atoms with van der Waals surface area (Å²) in [6.45, 7) is 0. The molecule has 0 aromatic carbocycles. The molecule has 0 amide bonds. The second-order valence-electron chi connectivity index (χ2n) is 3.65. The van der Waals surface area contributed by atoms with Crippen LogP contribution in [0.1, 0.15) is 25.7 Å². The quantitative estimate of drug-likeness (QED) is 0.667. The molecule has 1 fully saturated rings. The normalized spacial score (nSPS) is 26.6. The van der Waals surface area contributed by atoms with Gasteiger partial charge in [-0.3, -0.25) is 4.74 Å². The predicted octanol–water partition coefficient (Wildman–Crippen LogP) is 4.16. The molecule has 0 aliphatic heterocycles. The Bertz CT molecular complexity index is 260. The molecule has 1 nitrogen and oxygen atoms in total. The van der Waals surface area contributed by atoms with E-state index in [1.807, 2.05) is 0 Å². The Morgan fingerprint density at radius 1 is 0.938 bits per heavy atom. The average Bonchev–Trinajstić information content (AvgIpc) is 2.15. The minimum atomic E-state index is -4.72. The summed E-state index contributed by atoms with van der Waals surface area (Å²) in [5.74, 6) is -2.48. The Balaban J connectivity index is 2.43. The molecule has 0 radical (unpaired) electrons. The number of ether oxygens (including phenoxy) is 1. The molecule has 0 aromatic heterocycles. The fourth-order valence-corrected chi connectivity index (χ4v) is 1.78. The second kappa shape index (κ2) is 5.07. The summed E-state index contributed by atoms with van der Waals surface area (Å²) >= 11 is 0. The fourth-order valence-electron chi connectivity index (χ4n) is 1.78. The van der Waals surface area contributed by atoms with Crippen LogP contribution in [0.15, 0.2) is 11.9 Å². The zero-order valence-corrected chi connectivity index (χ0v) is 8.16. The van der Waals surface area contributed by atoms with Crippen LogP contribution in [-0.4, -0.2) is 12.5 Å². The summed E-state index contributed by atoms with van der Waals surface area (Å²) in [5.41, 5.74) is 0. The number of hydrogen-bond donors (Lipinski definition) is 0. The van der Waals surface area contributed by atoms with Crippen molar-refractivity contribution in [2.24, 2.45) is 5.92 Å². The van der Waals surface area contributed by atoms with Gasteiger partial charge in [-0.2, -0.15) is 8.78 Å². The first-order valence-electron chi connectivity index (χ1n) is 4.75. The molecule has 0 unspecified atom stereocenters. The van der Waals surface area contributed by atoms with Gasteiger partial charge < -0.3 is 0 Å². The van der Waals surface area contributed by atoms with Gasteiger partial charge in [0.25, 0.3) is 0 Å². The summed E-state index contributed by atoms with van der Waals surface area (Å²) < 4.78 is 75.6. The highest BCUT2D eigenvalue weighted by molar-refractivity contribution is 4.99. The van der Waals surface area contributed by atoms with Crippen LogP contribution in [0.3, 0.4) is 0 Å². The molecule has 0 atom stereocenters. The average molecular weight is 248 g/mol. The van der Waals surface area contributed by atoms with Crippen LogP contribution >= 0.6 is 0 Å². The highest BCUT2D eigenvalue weighted by atomic mass is 19.4. The van der Waals surface area contributed by atoms with Crippen molar-refractivity contribution in [2.75, 3.05) is 0 Å². The second-order valence-corrected chi connectivity index (χ2v) is 3.65. The van der Waals surface area contributed by atoms with Gasteiger partial charge in [-0.15, -0.1) is 13.2 Å². The molecule has 0 N–H and O–H groups in total. The summed E-state index contributed by atoms with van der Waals surface area (Å²) in [6, 6.07) is 0. The lowest BCUT2D eigenvalue weighted by Gasteiger charge is -2.27. The molecule has 0 spiro atoms. The van der Waals surface area contributed by atoms with E-state index in [1.54, 1.807) is 0 Å². The molecule has 7 heteroatoms. The third kappa shape index (κ3) is 4.03. The molecule has 1 rings (SSSR count). The molecule has 0 aromatic rings. The Morgan fingerprint density at radius 2 is 1.44 bits per heavy atom. The van der Waals surface area contributed by atoms with Gasteiger partial charge in [0, 0.05) is 5.92 Å². The maximum absolute atomic E-state index is 12.7. The lowest BCUT2D eigenvalue weighted by Crippen LogP contribution is -2.28. The van der Waals surface area contributed by atoms with Gasteiger partial charge in [0.1, 0.15) is 0 Å². The van der Waals surface area contributed by atoms with Crippen LogP contribution < -0.4 is 0 Å². The van der Waals surface area contributed by atoms with Crippen molar-refractivity contribution in [3.63, 3.8) is 0 Å². The van der Waals surface area contributed by atoms with E-state index < -0.39 is 30.3 Å². The topological polar surface area (TPSA) is 9.23 Å². The van der Waals surface area contributed by atoms with Gasteiger partial charge >= 0.3 is 12.4 Å². The monoisotopic (exact) mass is 248 g/mol. The number of rotatable bonds is 2. The number of hydrogen-bond acceptors (Lipinski definition) is 1. The molecular formula is C9H10F6O. The van der Waals surface area contributed by atoms with Gasteiger partial charge in [0.15, 0.2) is 5.83 Å². The molecule has 16 heavy (non-hydrogen) atoms. The molecule has 1 saturated carbocycles. The van der Waals surface area contributed by atoms with Crippen molar-refractivity contribution < 1.29 is 31.1 Å². The SMILES string of the molecule is FC(F)=C(F)[C@H]1CC[C@H](OC(F)(F)F)CC1. The van der Waals surface area contributed by atoms with Crippen LogP contribution in [0.25, 0.3) is 0 Å². The summed E-state index contributed by atoms with van der Waals surface area (Å²) in [5, 5.41) is 0. The van der Waals surface area contributed by atoms with Crippen molar-refractivity contribution >= 4 is 0 Å². The number of halogens is 6. The van der Waals surface area contributed by atoms with Crippen molar-refractivity contribution in [3.05, 3.63) is 11.9 Å². The van der Waals surface area contributed by atoms with Crippen LogP contribution in [0.2, 0.25) is 0 Å². The lowest BCUT2D eigenvalue weighted by atomic mass is 9.87. The van der Waals surface area contributed by atoms with Crippen molar-refractivity contribution in [3.8, 4) is 0 Å². The standard InChI is InChI=1S/C9H10F6O/c10-7(8(11)12)5-1-3-6(4-2-5)16-9(13,14)15/h5-6H,1-4H2/t5-,6-. The Morgan fingerprint density at radius 3 is 1.81 bits per heavy atom. The van der Waals surface area contributed by atoms with Crippen molar-refractivity contribution in [1.82, 2.24) is 0 Å². The van der Waals surface area contributed by atoms with E-state index in [9.17, 15) is 26.3 Å². The van der Waals surface area contributed by atoms with Gasteiger partial charge in [0.05, 0.1) is 6.10 Å². The first-order chi connectivity index (χ1) is 7.29. The lowest BCUT2D eigenvalue weighted by molar-refractivity contribution is -0.345. The van der Waals surface area contributed by atoms with E-state index >= 15 is 0 Å². The van der Waals surface area contributed by atoms with Crippen molar-refractivity contribution in [1.29, 1.82) is 0 Å². The molecule has 0 saturated heterocycles. The first kappa shape index (κ1) is 13.3. The van der Waals surface area contributed by atoms with Crippen LogP contribution in [0.4, 0.5) is 26.3 Å². The summed E-state index contributed by atoms with van der Waals surface area (Å²) in [4.78, 5) is 0. The largest absolute Gasteiger partial charge is 0.522 e. The zero-order chi connectivity index (χ0) is 12.3. The summed E-state index contributed by atoms with van der Waals surface area (Å²) in [7, 11) is 0. The maximum Gasteiger partial charge on any atom is 0.522 e. The maximum atomic E-state index is 12.7. The molecular weight excluding hydrogens is 238 g/mol. The Kier molecular flexibility index (Phi) is 4.23. The van der Waals surface area contributed by atoms with Gasteiger partial charge in [-0.05, 0) is 25.7 Å². The molecule has 1 aliphatic carbocycles. The van der Waals surface area contributed by atoms with E-state index in [0.29, 0.717) is 0 Å². The summed E-state index contributed by atoms with van der Waals surface area (Å²) in [6.07, 6.45) is -8.40. The third-order valence-electron chi connectivity index (χ3n) is 2.51. The first-order valence-corrected chi connectivity index (χ1v) is 4.75. The van der Waals surface area contributed by atoms with Gasteiger partial charge in [-0.25, -0.2) is 4.39 Å². The van der Waals surface area contributed by atoms with Gasteiger partial charge in [0.2, 0.25) is 0 Å². The van der Waals surface area contributed by atoms with E-state index in [1.165, 1.54) is 0 Å². The molecule has 0 heterocycles. The fraction of sp³-hybridized carbons (Fsp3) is 0.778. The number of alkyl halides is 3. The van der Waals surface area contributed by atoms with E-state index in [2.05, 4.69) is 4.74 Å². The third-order valence-corrected chi connectivity index (χ3v) is 2.51. The smallest absolute Gasteiger partial charge is 0.289 e. The molecule has 1 aliphatic rings. The van der Waals surface area contributed by atoms with Crippen LogP contribution in [-0.2, 0) is 4.74 Å². The molecule has 94 valence electrons. The highest BCUT2D eigenvalue weighted by Gasteiger charge is 2.36. The number of allylic oxidation sites excluding steroid dienone is 1. The van der Waals surface area contributed by atoms with Gasteiger partial charge in [-0.1, -0.05) is 0 Å². The minimum Gasteiger partial charge on any atom is -0.289 e. The molecule has 0 bridgehead atoms. The Hall–Kier alpha value is -0.720. The van der Waals surface area contributed by atoms with Crippen LogP contribution in [0.5, 0.6) is 0 Å². The predicted molar refractivity (Wildman–Crippen MR) is 43.2 cm³/mol. The Labute approximate surface area is 88.1 Å². The van der Waals surface area contributed by atoms with E-state index in [0.717, 1.165) is 0 Å².